The van der Waals surface area contributed by atoms with E-state index >= 15 is 0 Å². The van der Waals surface area contributed by atoms with E-state index in [0.29, 0.717) is 0 Å². The van der Waals surface area contributed by atoms with E-state index in [1.54, 1.807) is 0 Å². The summed E-state index contributed by atoms with van der Waals surface area (Å²) in [5, 5.41) is 0. The Bertz CT molecular complexity index is 309. The Labute approximate surface area is 96.5 Å². The van der Waals surface area contributed by atoms with Crippen LogP contribution in [-0.2, 0) is 13.7 Å². The first kappa shape index (κ1) is 19.7. The van der Waals surface area contributed by atoms with Crippen LogP contribution in [0.3, 0.4) is 0 Å². The minimum Gasteiger partial charge on any atom is -0.810 e. The van der Waals surface area contributed by atoms with Gasteiger partial charge in [0.1, 0.15) is 7.60 Å². The molecule has 14 heteroatoms. The smallest absolute Gasteiger partial charge is 0.146 e. The molecule has 0 amide bonds. The van der Waals surface area contributed by atoms with Crippen LogP contribution in [0.2, 0.25) is 0 Å². The normalized spacial score (nSPS) is 16.4. The van der Waals surface area contributed by atoms with Crippen molar-refractivity contribution in [2.75, 3.05) is 18.9 Å². The maximum Gasteiger partial charge on any atom is 0.146 e. The number of nitrogens with zero attached hydrogens (tertiary/aromatic N) is 1. The zero-order valence-corrected chi connectivity index (χ0v) is 11.0. The van der Waals surface area contributed by atoms with Crippen molar-refractivity contribution in [1.82, 2.24) is 11.1 Å². The molecule has 0 aliphatic rings. The Hall–Kier alpha value is 0.370. The van der Waals surface area contributed by atoms with Gasteiger partial charge in [0.25, 0.3) is 0 Å². The first-order valence-corrected chi connectivity index (χ1v) is 8.78. The van der Waals surface area contributed by atoms with Crippen LogP contribution in [0.25, 0.3) is 0 Å². The lowest BCUT2D eigenvalue weighted by Gasteiger charge is -2.42. The van der Waals surface area contributed by atoms with E-state index < -0.39 is 41.6 Å². The van der Waals surface area contributed by atoms with Gasteiger partial charge in [0.2, 0.25) is 0 Å². The molecule has 17 heavy (non-hydrogen) atoms. The largest absolute Gasteiger partial charge is 0.810 e. The van der Waals surface area contributed by atoms with Crippen molar-refractivity contribution in [1.29, 1.82) is 0 Å². The summed E-state index contributed by atoms with van der Waals surface area (Å²) in [6.45, 7) is 0. The molecule has 0 aromatic carbocycles. The van der Waals surface area contributed by atoms with E-state index in [-0.39, 0.29) is 11.1 Å². The van der Waals surface area contributed by atoms with Gasteiger partial charge in [0, 0.05) is 12.6 Å². The lowest BCUT2D eigenvalue weighted by molar-refractivity contribution is -0.317. The van der Waals surface area contributed by atoms with Gasteiger partial charge >= 0.3 is 0 Å². The van der Waals surface area contributed by atoms with Gasteiger partial charge < -0.3 is 49.2 Å². The van der Waals surface area contributed by atoms with Gasteiger partial charge in [-0.25, -0.2) is 0 Å². The van der Waals surface area contributed by atoms with Gasteiger partial charge in [-0.2, -0.15) is 0 Å². The first-order chi connectivity index (χ1) is 6.79. The summed E-state index contributed by atoms with van der Waals surface area (Å²) >= 11 is 0. The van der Waals surface area contributed by atoms with Crippen molar-refractivity contribution in [2.24, 2.45) is 0 Å². The third kappa shape index (κ3) is 14.3. The quantitative estimate of drug-likeness (QED) is 0.446. The molecule has 1 unspecified atom stereocenters. The molecule has 0 aliphatic heterocycles. The summed E-state index contributed by atoms with van der Waals surface area (Å²) in [7, 11) is -15.5. The van der Waals surface area contributed by atoms with Crippen LogP contribution in [0.1, 0.15) is 0 Å². The number of rotatable bonds is 6. The molecule has 0 bridgehead atoms. The molecule has 0 spiro atoms. The average Bonchev–Trinajstić information content (AvgIpc) is 1.70. The summed E-state index contributed by atoms with van der Waals surface area (Å²) in [5.74, 6) is 0. The number of hydrogen-bond acceptors (Lipinski definition) is 10. The molecule has 11 nitrogen and oxygen atoms in total. The maximum atomic E-state index is 10.4. The zero-order valence-electron chi connectivity index (χ0n) is 8.33. The zero-order chi connectivity index (χ0) is 13.2. The minimum absolute atomic E-state index is 0. The van der Waals surface area contributed by atoms with Gasteiger partial charge in [-0.15, -0.1) is 0 Å². The summed E-state index contributed by atoms with van der Waals surface area (Å²) in [4.78, 5) is 59.9. The van der Waals surface area contributed by atoms with Crippen LogP contribution in [0.4, 0.5) is 0 Å². The van der Waals surface area contributed by atoms with Gasteiger partial charge in [-0.1, -0.05) is 15.2 Å². The third-order valence-electron chi connectivity index (χ3n) is 1.13. The molecule has 0 heterocycles. The van der Waals surface area contributed by atoms with Crippen molar-refractivity contribution in [3.05, 3.63) is 0 Å². The summed E-state index contributed by atoms with van der Waals surface area (Å²) in [6, 6.07) is 0. The molecule has 1 atom stereocenters. The second-order valence-electron chi connectivity index (χ2n) is 2.95. The monoisotopic (exact) mass is 311 g/mol. The molecule has 0 aliphatic carbocycles. The molecule has 0 aromatic rings. The molecular weight excluding hydrogens is 301 g/mol. The lowest BCUT2D eigenvalue weighted by atomic mass is 11.0. The van der Waals surface area contributed by atoms with Gasteiger partial charge in [0.05, 0.1) is 6.29 Å². The van der Waals surface area contributed by atoms with E-state index in [1.807, 2.05) is 0 Å². The first-order valence-electron chi connectivity index (χ1n) is 3.56. The molecule has 0 fully saturated rings. The summed E-state index contributed by atoms with van der Waals surface area (Å²) in [6.07, 6.45) is -4.36. The highest BCUT2D eigenvalue weighted by atomic mass is 31.2. The van der Waals surface area contributed by atoms with Crippen LogP contribution in [-0.4, -0.2) is 28.7 Å². The second kappa shape index (κ2) is 6.51. The highest BCUT2D eigenvalue weighted by Crippen LogP contribution is 2.37. The van der Waals surface area contributed by atoms with E-state index in [9.17, 15) is 38.2 Å². The molecule has 0 saturated carbocycles. The Kier molecular flexibility index (Phi) is 7.55. The molecule has 0 radical (unpaired) electrons. The fourth-order valence-electron chi connectivity index (χ4n) is 0.877. The predicted octanol–water partition coefficient (Wildman–Crippen LogP) is -4.30. The highest BCUT2D eigenvalue weighted by Gasteiger charge is 2.14. The van der Waals surface area contributed by atoms with Crippen LogP contribution in [0.15, 0.2) is 0 Å². The summed E-state index contributed by atoms with van der Waals surface area (Å²) < 4.78 is 30.9. The minimum atomic E-state index is -5.24. The molecule has 106 valence electrons. The molecular formula is C3H10N2O9P3-5. The topological polar surface area (TPSA) is 225 Å². The highest BCUT2D eigenvalue weighted by molar-refractivity contribution is 7.51. The van der Waals surface area contributed by atoms with E-state index in [0.717, 1.165) is 0 Å². The second-order valence-corrected chi connectivity index (χ2v) is 7.52. The Morgan fingerprint density at radius 2 is 1.12 bits per heavy atom. The standard InChI is InChI=1S/C3H12NO9P3.H3N/c5-14(6,7)1-4(2-15(8,9)10)3-16(11,12)13;/h1-3H2,(H2,5,6,7)(H2,8,9,10)(H2,11,12,13);1H3/p-5. The SMILES string of the molecule is N.O=P([O-])([O-])CN(CP(=O)([O-])[O-])CP(=O)([O-])O. The third-order valence-corrected chi connectivity index (χ3v) is 3.38. The summed E-state index contributed by atoms with van der Waals surface area (Å²) in [5.41, 5.74) is 0. The fraction of sp³-hybridized carbons (Fsp3) is 1.00. The van der Waals surface area contributed by atoms with E-state index in [1.165, 1.54) is 0 Å². The van der Waals surface area contributed by atoms with Crippen molar-refractivity contribution in [3.8, 4) is 0 Å². The lowest BCUT2D eigenvalue weighted by Crippen LogP contribution is -2.37. The average molecular weight is 311 g/mol. The molecule has 4 N–H and O–H groups in total. The number of hydrogen-bond donors (Lipinski definition) is 2. The van der Waals surface area contributed by atoms with Gasteiger partial charge in [-0.05, 0) is 0 Å². The van der Waals surface area contributed by atoms with E-state index in [4.69, 9.17) is 4.89 Å². The van der Waals surface area contributed by atoms with Crippen molar-refractivity contribution in [3.63, 3.8) is 0 Å². The molecule has 0 aromatic heterocycles. The maximum absolute atomic E-state index is 10.4. The van der Waals surface area contributed by atoms with Crippen LogP contribution >= 0.6 is 22.8 Å². The van der Waals surface area contributed by atoms with Crippen LogP contribution in [0.5, 0.6) is 0 Å². The van der Waals surface area contributed by atoms with Gasteiger partial charge in [0.15, 0.2) is 0 Å². The van der Waals surface area contributed by atoms with Crippen molar-refractivity contribution >= 4 is 22.8 Å². The van der Waals surface area contributed by atoms with Crippen molar-refractivity contribution < 1.29 is 43.1 Å². The molecule has 0 saturated heterocycles. The van der Waals surface area contributed by atoms with Crippen LogP contribution in [0, 0.1) is 0 Å². The van der Waals surface area contributed by atoms with E-state index in [2.05, 4.69) is 0 Å². The van der Waals surface area contributed by atoms with Crippen molar-refractivity contribution in [2.45, 2.75) is 0 Å². The van der Waals surface area contributed by atoms with Crippen LogP contribution < -0.4 is 30.6 Å². The Morgan fingerprint density at radius 3 is 1.29 bits per heavy atom. The van der Waals surface area contributed by atoms with Gasteiger partial charge in [-0.3, -0.25) is 4.90 Å². The Balaban J connectivity index is 0. The predicted molar refractivity (Wildman–Crippen MR) is 46.5 cm³/mol. The molecule has 0 rings (SSSR count). The Morgan fingerprint density at radius 1 is 0.824 bits per heavy atom. The fourth-order valence-corrected chi connectivity index (χ4v) is 3.44.